The second-order valence-corrected chi connectivity index (χ2v) is 7.33. The van der Waals surface area contributed by atoms with Crippen LogP contribution in [0.1, 0.15) is 50.7 Å². The number of nitrogens with one attached hydrogen (secondary N) is 1. The molecule has 1 aliphatic carbocycles. The monoisotopic (exact) mass is 286 g/mol. The standard InChI is InChI=1S/C19H30N2/c1-14(2)16-8-10-21(11-9-16)19-7-4-17(15(3)12-19)13-20-18-5-6-18/h4,7,12,14,16,18,20H,5-6,8-11,13H2,1-3H3. The number of benzene rings is 1. The van der Waals surface area contributed by atoms with Crippen LogP contribution in [0.3, 0.4) is 0 Å². The SMILES string of the molecule is Cc1cc(N2CCC(C(C)C)CC2)ccc1CNC1CC1. The Morgan fingerprint density at radius 3 is 2.43 bits per heavy atom. The van der Waals surface area contributed by atoms with Crippen molar-refractivity contribution in [2.24, 2.45) is 11.8 Å². The molecule has 1 aromatic rings. The number of hydrogen-bond donors (Lipinski definition) is 1. The zero-order chi connectivity index (χ0) is 14.8. The van der Waals surface area contributed by atoms with E-state index >= 15 is 0 Å². The molecule has 1 heterocycles. The average Bonchev–Trinajstić information content (AvgIpc) is 3.30. The van der Waals surface area contributed by atoms with Gasteiger partial charge in [-0.15, -0.1) is 0 Å². The van der Waals surface area contributed by atoms with E-state index in [1.165, 1.54) is 55.6 Å². The van der Waals surface area contributed by atoms with Crippen molar-refractivity contribution in [2.45, 2.75) is 59.0 Å². The normalized spacial score (nSPS) is 20.3. The predicted octanol–water partition coefficient (Wildman–Crippen LogP) is 4.12. The average molecular weight is 286 g/mol. The smallest absolute Gasteiger partial charge is 0.0369 e. The highest BCUT2D eigenvalue weighted by molar-refractivity contribution is 5.51. The van der Waals surface area contributed by atoms with Crippen molar-refractivity contribution in [1.29, 1.82) is 0 Å². The van der Waals surface area contributed by atoms with Crippen LogP contribution in [-0.4, -0.2) is 19.1 Å². The van der Waals surface area contributed by atoms with Crippen LogP contribution >= 0.6 is 0 Å². The molecule has 2 heteroatoms. The molecule has 116 valence electrons. The van der Waals surface area contributed by atoms with E-state index in [0.29, 0.717) is 0 Å². The largest absolute Gasteiger partial charge is 0.372 e. The molecule has 2 aliphatic rings. The molecule has 0 unspecified atom stereocenters. The minimum atomic E-state index is 0.791. The Labute approximate surface area is 129 Å². The Morgan fingerprint density at radius 1 is 1.14 bits per heavy atom. The van der Waals surface area contributed by atoms with Gasteiger partial charge in [0.15, 0.2) is 0 Å². The molecule has 1 saturated carbocycles. The summed E-state index contributed by atoms with van der Waals surface area (Å²) in [6, 6.07) is 7.83. The molecule has 3 rings (SSSR count). The zero-order valence-corrected chi connectivity index (χ0v) is 13.9. The first kappa shape index (κ1) is 14.9. The summed E-state index contributed by atoms with van der Waals surface area (Å²) >= 11 is 0. The Bertz CT molecular complexity index is 468. The third-order valence-electron chi connectivity index (χ3n) is 5.33. The molecule has 1 N–H and O–H groups in total. The van der Waals surface area contributed by atoms with Crippen LogP contribution in [0.4, 0.5) is 5.69 Å². The van der Waals surface area contributed by atoms with Crippen LogP contribution in [-0.2, 0) is 6.54 Å². The number of nitrogens with zero attached hydrogens (tertiary/aromatic N) is 1. The third kappa shape index (κ3) is 3.79. The van der Waals surface area contributed by atoms with Gasteiger partial charge >= 0.3 is 0 Å². The molecular formula is C19H30N2. The van der Waals surface area contributed by atoms with Gasteiger partial charge in [-0.2, -0.15) is 0 Å². The lowest BCUT2D eigenvalue weighted by Crippen LogP contribution is -2.35. The van der Waals surface area contributed by atoms with Gasteiger partial charge in [0.2, 0.25) is 0 Å². The van der Waals surface area contributed by atoms with E-state index in [-0.39, 0.29) is 0 Å². The fraction of sp³-hybridized carbons (Fsp3) is 0.684. The van der Waals surface area contributed by atoms with Gasteiger partial charge in [-0.3, -0.25) is 0 Å². The zero-order valence-electron chi connectivity index (χ0n) is 13.9. The van der Waals surface area contributed by atoms with Gasteiger partial charge < -0.3 is 10.2 Å². The van der Waals surface area contributed by atoms with Crippen LogP contribution < -0.4 is 10.2 Å². The topological polar surface area (TPSA) is 15.3 Å². The number of rotatable bonds is 5. The van der Waals surface area contributed by atoms with Gasteiger partial charge in [-0.1, -0.05) is 19.9 Å². The third-order valence-corrected chi connectivity index (χ3v) is 5.33. The summed E-state index contributed by atoms with van der Waals surface area (Å²) in [5.41, 5.74) is 4.32. The van der Waals surface area contributed by atoms with E-state index in [9.17, 15) is 0 Å². The quantitative estimate of drug-likeness (QED) is 0.876. The van der Waals surface area contributed by atoms with Gasteiger partial charge in [0.1, 0.15) is 0 Å². The van der Waals surface area contributed by atoms with Crippen LogP contribution in [0.2, 0.25) is 0 Å². The van der Waals surface area contributed by atoms with Crippen molar-refractivity contribution in [3.05, 3.63) is 29.3 Å². The van der Waals surface area contributed by atoms with Crippen LogP contribution in [0.5, 0.6) is 0 Å². The molecule has 0 aromatic heterocycles. The molecule has 21 heavy (non-hydrogen) atoms. The van der Waals surface area contributed by atoms with Gasteiger partial charge in [0, 0.05) is 31.4 Å². The summed E-state index contributed by atoms with van der Waals surface area (Å²) in [6.07, 6.45) is 5.42. The van der Waals surface area contributed by atoms with E-state index in [2.05, 4.69) is 49.2 Å². The molecule has 0 amide bonds. The highest BCUT2D eigenvalue weighted by Crippen LogP contribution is 2.29. The summed E-state index contributed by atoms with van der Waals surface area (Å²) in [5, 5.41) is 3.62. The van der Waals surface area contributed by atoms with Crippen molar-refractivity contribution >= 4 is 5.69 Å². The lowest BCUT2D eigenvalue weighted by atomic mass is 9.86. The Balaban J connectivity index is 1.59. The summed E-state index contributed by atoms with van der Waals surface area (Å²) in [4.78, 5) is 2.57. The van der Waals surface area contributed by atoms with Gasteiger partial charge in [-0.25, -0.2) is 0 Å². The van der Waals surface area contributed by atoms with Crippen molar-refractivity contribution in [3.63, 3.8) is 0 Å². The van der Waals surface area contributed by atoms with Gasteiger partial charge in [0.25, 0.3) is 0 Å². The summed E-state index contributed by atoms with van der Waals surface area (Å²) < 4.78 is 0. The highest BCUT2D eigenvalue weighted by Gasteiger charge is 2.22. The molecule has 0 radical (unpaired) electrons. The predicted molar refractivity (Wildman–Crippen MR) is 90.8 cm³/mol. The van der Waals surface area contributed by atoms with Crippen LogP contribution in [0.25, 0.3) is 0 Å². The fourth-order valence-electron chi connectivity index (χ4n) is 3.44. The molecule has 1 aromatic carbocycles. The molecule has 1 saturated heterocycles. The lowest BCUT2D eigenvalue weighted by molar-refractivity contribution is 0.311. The van der Waals surface area contributed by atoms with Crippen LogP contribution in [0, 0.1) is 18.8 Å². The van der Waals surface area contributed by atoms with E-state index in [1.807, 2.05) is 0 Å². The molecule has 2 nitrogen and oxygen atoms in total. The Hall–Kier alpha value is -1.02. The number of piperidine rings is 1. The molecule has 0 spiro atoms. The maximum atomic E-state index is 3.62. The first-order valence-corrected chi connectivity index (χ1v) is 8.71. The summed E-state index contributed by atoms with van der Waals surface area (Å²) in [5.74, 6) is 1.76. The summed E-state index contributed by atoms with van der Waals surface area (Å²) in [7, 11) is 0. The molecule has 2 fully saturated rings. The second-order valence-electron chi connectivity index (χ2n) is 7.33. The number of anilines is 1. The van der Waals surface area contributed by atoms with E-state index in [4.69, 9.17) is 0 Å². The first-order chi connectivity index (χ1) is 10.1. The lowest BCUT2D eigenvalue weighted by Gasteiger charge is -2.35. The fourth-order valence-corrected chi connectivity index (χ4v) is 3.44. The number of hydrogen-bond acceptors (Lipinski definition) is 2. The van der Waals surface area contributed by atoms with Crippen molar-refractivity contribution < 1.29 is 0 Å². The summed E-state index contributed by atoms with van der Waals surface area (Å²) in [6.45, 7) is 10.5. The van der Waals surface area contributed by atoms with Crippen molar-refractivity contribution in [3.8, 4) is 0 Å². The minimum absolute atomic E-state index is 0.791. The maximum Gasteiger partial charge on any atom is 0.0369 e. The Kier molecular flexibility index (Phi) is 4.54. The van der Waals surface area contributed by atoms with Gasteiger partial charge in [-0.05, 0) is 67.7 Å². The molecular weight excluding hydrogens is 256 g/mol. The Morgan fingerprint density at radius 2 is 1.86 bits per heavy atom. The van der Waals surface area contributed by atoms with E-state index < -0.39 is 0 Å². The van der Waals surface area contributed by atoms with E-state index in [1.54, 1.807) is 0 Å². The second kappa shape index (κ2) is 6.39. The maximum absolute atomic E-state index is 3.62. The van der Waals surface area contributed by atoms with Gasteiger partial charge in [0.05, 0.1) is 0 Å². The molecule has 1 aliphatic heterocycles. The first-order valence-electron chi connectivity index (χ1n) is 8.71. The molecule has 0 bridgehead atoms. The number of aryl methyl sites for hydroxylation is 1. The highest BCUT2D eigenvalue weighted by atomic mass is 15.1. The van der Waals surface area contributed by atoms with E-state index in [0.717, 1.165) is 24.4 Å². The minimum Gasteiger partial charge on any atom is -0.372 e. The van der Waals surface area contributed by atoms with Crippen molar-refractivity contribution in [1.82, 2.24) is 5.32 Å². The molecule has 0 atom stereocenters. The van der Waals surface area contributed by atoms with Crippen LogP contribution in [0.15, 0.2) is 18.2 Å². The van der Waals surface area contributed by atoms with Crippen molar-refractivity contribution in [2.75, 3.05) is 18.0 Å².